The van der Waals surface area contributed by atoms with E-state index in [9.17, 15) is 14.4 Å². The predicted octanol–water partition coefficient (Wildman–Crippen LogP) is 3.90. The Kier molecular flexibility index (Phi) is 9.62. The van der Waals surface area contributed by atoms with Crippen molar-refractivity contribution in [3.05, 3.63) is 109 Å². The molecule has 1 aromatic heterocycles. The van der Waals surface area contributed by atoms with Crippen LogP contribution in [0.3, 0.4) is 0 Å². The van der Waals surface area contributed by atoms with Gasteiger partial charge >= 0.3 is 0 Å². The number of hydrogen-bond donors (Lipinski definition) is 1. The molecular formula is C36H36N4O7S. The van der Waals surface area contributed by atoms with Crippen molar-refractivity contribution in [3.8, 4) is 23.0 Å². The molecule has 1 N–H and O–H groups in total. The molecule has 3 aromatic carbocycles. The van der Waals surface area contributed by atoms with Crippen LogP contribution in [0.5, 0.6) is 23.0 Å². The minimum Gasteiger partial charge on any atom is -0.497 e. The van der Waals surface area contributed by atoms with Gasteiger partial charge in [0.1, 0.15) is 17.5 Å². The van der Waals surface area contributed by atoms with Crippen LogP contribution in [0.25, 0.3) is 6.08 Å². The third kappa shape index (κ3) is 6.56. The Hall–Kier alpha value is -5.36. The molecule has 0 saturated carbocycles. The Bertz CT molecular complexity index is 2060. The smallest absolute Gasteiger partial charge is 0.271 e. The van der Waals surface area contributed by atoms with Gasteiger partial charge in [-0.2, -0.15) is 0 Å². The molecule has 1 fully saturated rings. The predicted molar refractivity (Wildman–Crippen MR) is 183 cm³/mol. The van der Waals surface area contributed by atoms with Gasteiger partial charge in [0.15, 0.2) is 22.9 Å². The molecule has 0 aliphatic carbocycles. The zero-order valence-corrected chi connectivity index (χ0v) is 28.0. The van der Waals surface area contributed by atoms with Crippen LogP contribution in [-0.4, -0.2) is 62.3 Å². The van der Waals surface area contributed by atoms with E-state index in [1.807, 2.05) is 18.2 Å². The molecule has 2 aliphatic rings. The zero-order valence-electron chi connectivity index (χ0n) is 27.1. The zero-order chi connectivity index (χ0) is 33.8. The summed E-state index contributed by atoms with van der Waals surface area (Å²) in [6, 6.07) is 18.8. The number of para-hydroxylation sites is 1. The second kappa shape index (κ2) is 14.2. The van der Waals surface area contributed by atoms with Crippen molar-refractivity contribution < 1.29 is 28.5 Å². The van der Waals surface area contributed by atoms with Gasteiger partial charge in [-0.15, -0.1) is 0 Å². The van der Waals surface area contributed by atoms with Crippen molar-refractivity contribution in [2.75, 3.05) is 46.3 Å². The molecule has 0 spiro atoms. The number of aromatic nitrogens is 1. The molecule has 2 aliphatic heterocycles. The van der Waals surface area contributed by atoms with Crippen molar-refractivity contribution >= 4 is 34.9 Å². The molecule has 6 rings (SSSR count). The number of anilines is 1. The van der Waals surface area contributed by atoms with E-state index in [2.05, 4.69) is 5.32 Å². The number of fused-ring (bicyclic) bond motifs is 1. The lowest BCUT2D eigenvalue weighted by atomic mass is 9.94. The number of nitrogens with zero attached hydrogens (tertiary/aromatic N) is 3. The van der Waals surface area contributed by atoms with Crippen LogP contribution in [0, 0.1) is 0 Å². The number of nitrogens with one attached hydrogen (secondary N) is 1. The summed E-state index contributed by atoms with van der Waals surface area (Å²) in [4.78, 5) is 47.6. The van der Waals surface area contributed by atoms with E-state index in [0.717, 1.165) is 25.9 Å². The van der Waals surface area contributed by atoms with E-state index in [-0.39, 0.29) is 24.0 Å². The molecule has 48 heavy (non-hydrogen) atoms. The van der Waals surface area contributed by atoms with E-state index in [1.54, 1.807) is 73.5 Å². The summed E-state index contributed by atoms with van der Waals surface area (Å²) >= 11 is 1.22. The summed E-state index contributed by atoms with van der Waals surface area (Å²) in [5.74, 6) is 1.44. The van der Waals surface area contributed by atoms with Gasteiger partial charge in [0.25, 0.3) is 17.4 Å². The van der Waals surface area contributed by atoms with Gasteiger partial charge in [-0.25, -0.2) is 4.99 Å². The Morgan fingerprint density at radius 2 is 1.69 bits per heavy atom. The molecule has 11 nitrogen and oxygen atoms in total. The summed E-state index contributed by atoms with van der Waals surface area (Å²) in [6.45, 7) is 3.18. The first kappa shape index (κ1) is 32.6. The molecule has 4 aromatic rings. The molecule has 0 radical (unpaired) electrons. The highest BCUT2D eigenvalue weighted by Crippen LogP contribution is 2.37. The third-order valence-electron chi connectivity index (χ3n) is 8.33. The molecule has 1 atom stereocenters. The van der Waals surface area contributed by atoms with Gasteiger partial charge in [-0.3, -0.25) is 19.0 Å². The second-order valence-corrected chi connectivity index (χ2v) is 12.3. The fourth-order valence-corrected chi connectivity index (χ4v) is 6.96. The van der Waals surface area contributed by atoms with Crippen LogP contribution in [0.2, 0.25) is 0 Å². The van der Waals surface area contributed by atoms with Crippen LogP contribution < -0.4 is 39.2 Å². The number of ether oxygens (including phenoxy) is 4. The number of amides is 2. The number of likely N-dealkylation sites (tertiary alicyclic amines) is 1. The van der Waals surface area contributed by atoms with Gasteiger partial charge in [0, 0.05) is 30.4 Å². The Labute approximate surface area is 281 Å². The van der Waals surface area contributed by atoms with Crippen LogP contribution in [0.4, 0.5) is 5.69 Å². The summed E-state index contributed by atoms with van der Waals surface area (Å²) in [7, 11) is 4.61. The summed E-state index contributed by atoms with van der Waals surface area (Å²) in [5.41, 5.74) is 2.37. The van der Waals surface area contributed by atoms with E-state index >= 15 is 0 Å². The lowest BCUT2D eigenvalue weighted by Gasteiger charge is -2.26. The van der Waals surface area contributed by atoms with E-state index in [0.29, 0.717) is 60.4 Å². The van der Waals surface area contributed by atoms with E-state index < -0.39 is 6.04 Å². The molecule has 0 unspecified atom stereocenters. The summed E-state index contributed by atoms with van der Waals surface area (Å²) in [5, 5.41) is 2.96. The molecular weight excluding hydrogens is 632 g/mol. The molecule has 12 heteroatoms. The second-order valence-electron chi connectivity index (χ2n) is 11.3. The fraction of sp³-hybridized carbons (Fsp3) is 0.278. The van der Waals surface area contributed by atoms with Crippen LogP contribution >= 0.6 is 11.3 Å². The Morgan fingerprint density at radius 1 is 0.938 bits per heavy atom. The quantitative estimate of drug-likeness (QED) is 0.272. The number of thiazole rings is 1. The van der Waals surface area contributed by atoms with Gasteiger partial charge < -0.3 is 29.2 Å². The number of benzene rings is 3. The van der Waals surface area contributed by atoms with Crippen molar-refractivity contribution in [3.63, 3.8) is 0 Å². The number of allylic oxidation sites excluding steroid dienone is 1. The van der Waals surface area contributed by atoms with Gasteiger partial charge in [-0.05, 0) is 67.8 Å². The fourth-order valence-electron chi connectivity index (χ4n) is 5.91. The number of rotatable bonds is 10. The molecule has 3 heterocycles. The Balaban J connectivity index is 1.40. The molecule has 1 saturated heterocycles. The van der Waals surface area contributed by atoms with Crippen LogP contribution in [0.1, 0.15) is 36.9 Å². The number of methoxy groups -OCH3 is 3. The average molecular weight is 669 g/mol. The molecule has 2 amide bonds. The number of carbonyl (C=O) groups excluding carboxylic acids is 2. The van der Waals surface area contributed by atoms with Crippen LogP contribution in [0.15, 0.2) is 87.8 Å². The van der Waals surface area contributed by atoms with Gasteiger partial charge in [-0.1, -0.05) is 35.6 Å². The third-order valence-corrected chi connectivity index (χ3v) is 9.31. The lowest BCUT2D eigenvalue weighted by molar-refractivity contribution is -0.132. The number of carbonyl (C=O) groups is 2. The maximum atomic E-state index is 14.2. The maximum Gasteiger partial charge on any atom is 0.271 e. The minimum absolute atomic E-state index is 0.0603. The highest BCUT2D eigenvalue weighted by Gasteiger charge is 2.34. The van der Waals surface area contributed by atoms with Crippen LogP contribution in [-0.2, 0) is 9.59 Å². The van der Waals surface area contributed by atoms with Gasteiger partial charge in [0.2, 0.25) is 0 Å². The maximum absolute atomic E-state index is 14.2. The normalized spacial score (nSPS) is 15.9. The topological polar surface area (TPSA) is 121 Å². The average Bonchev–Trinajstić information content (AvgIpc) is 3.75. The SMILES string of the molecule is COc1ccc([C@@H]2C(C(=O)Nc3ccccc3)=C(C)N=c3s/c(=C/c4ccc(OCC(=O)N5CCCC5)c(OC)c4)c(=O)n32)c(OC)c1. The first-order valence-electron chi connectivity index (χ1n) is 15.5. The van der Waals surface area contributed by atoms with Crippen molar-refractivity contribution in [1.29, 1.82) is 0 Å². The largest absolute Gasteiger partial charge is 0.497 e. The van der Waals surface area contributed by atoms with Crippen molar-refractivity contribution in [2.45, 2.75) is 25.8 Å². The highest BCUT2D eigenvalue weighted by molar-refractivity contribution is 7.07. The standard InChI is InChI=1S/C36H36N4O7S/c1-22-32(34(42)38-24-10-6-5-7-11-24)33(26-14-13-25(44-2)20-28(26)45-3)40-35(43)30(48-36(40)37-22)19-23-12-15-27(29(18-23)46-4)47-21-31(41)39-16-8-9-17-39/h5-7,10-15,18-20,33H,8-9,16-17,21H2,1-4H3,(H,38,42)/b30-19+/t33-/m1/s1. The summed E-state index contributed by atoms with van der Waals surface area (Å²) in [6.07, 6.45) is 3.76. The van der Waals surface area contributed by atoms with E-state index in [1.165, 1.54) is 30.1 Å². The first-order chi connectivity index (χ1) is 23.3. The van der Waals surface area contributed by atoms with Crippen molar-refractivity contribution in [2.24, 2.45) is 4.99 Å². The molecule has 0 bridgehead atoms. The molecule has 248 valence electrons. The van der Waals surface area contributed by atoms with Gasteiger partial charge in [0.05, 0.1) is 37.1 Å². The summed E-state index contributed by atoms with van der Waals surface area (Å²) < 4.78 is 24.5. The lowest BCUT2D eigenvalue weighted by Crippen LogP contribution is -2.40. The Morgan fingerprint density at radius 3 is 2.40 bits per heavy atom. The highest BCUT2D eigenvalue weighted by atomic mass is 32.1. The first-order valence-corrected chi connectivity index (χ1v) is 16.3. The minimum atomic E-state index is -0.841. The number of hydrogen-bond acceptors (Lipinski definition) is 9. The monoisotopic (exact) mass is 668 g/mol. The van der Waals surface area contributed by atoms with Crippen molar-refractivity contribution in [1.82, 2.24) is 9.47 Å². The van der Waals surface area contributed by atoms with E-state index in [4.69, 9.17) is 23.9 Å².